The molecule has 2 amide bonds. The van der Waals surface area contributed by atoms with Crippen molar-refractivity contribution < 1.29 is 19.1 Å². The molecular weight excluding hydrogens is 382 g/mol. The lowest BCUT2D eigenvalue weighted by atomic mass is 9.91. The number of carbonyl (C=O) groups is 2. The van der Waals surface area contributed by atoms with Crippen LogP contribution in [0.5, 0.6) is 5.75 Å². The second-order valence-corrected chi connectivity index (χ2v) is 8.64. The Hall–Kier alpha value is -2.12. The van der Waals surface area contributed by atoms with Crippen LogP contribution < -0.4 is 10.1 Å². The van der Waals surface area contributed by atoms with Crippen LogP contribution in [-0.2, 0) is 14.3 Å². The van der Waals surface area contributed by atoms with Crippen LogP contribution in [0.1, 0.15) is 37.8 Å². The van der Waals surface area contributed by atoms with Gasteiger partial charge in [0.1, 0.15) is 5.75 Å². The minimum Gasteiger partial charge on any atom is -0.497 e. The molecule has 3 aliphatic rings. The summed E-state index contributed by atoms with van der Waals surface area (Å²) in [6.07, 6.45) is 2.69. The topological polar surface area (TPSA) is 71.1 Å². The average Bonchev–Trinajstić information content (AvgIpc) is 3.18. The third kappa shape index (κ3) is 4.32. The molecule has 1 aromatic carbocycles. The van der Waals surface area contributed by atoms with E-state index in [1.54, 1.807) is 7.11 Å². The highest BCUT2D eigenvalue weighted by atomic mass is 16.5. The smallest absolute Gasteiger partial charge is 0.237 e. The van der Waals surface area contributed by atoms with Gasteiger partial charge in [-0.2, -0.15) is 0 Å². The molecule has 0 radical (unpaired) electrons. The highest BCUT2D eigenvalue weighted by Crippen LogP contribution is 2.43. The number of benzene rings is 1. The number of rotatable bonds is 6. The van der Waals surface area contributed by atoms with E-state index in [0.29, 0.717) is 25.4 Å². The van der Waals surface area contributed by atoms with Crippen LogP contribution >= 0.6 is 0 Å². The predicted molar refractivity (Wildman–Crippen MR) is 113 cm³/mol. The summed E-state index contributed by atoms with van der Waals surface area (Å²) in [5.74, 6) is 1.20. The van der Waals surface area contributed by atoms with Crippen LogP contribution in [0.2, 0.25) is 0 Å². The number of amides is 2. The summed E-state index contributed by atoms with van der Waals surface area (Å²) < 4.78 is 10.7. The summed E-state index contributed by atoms with van der Waals surface area (Å²) in [4.78, 5) is 30.5. The Labute approximate surface area is 178 Å². The van der Waals surface area contributed by atoms with Gasteiger partial charge in [-0.1, -0.05) is 19.1 Å². The zero-order valence-electron chi connectivity index (χ0n) is 18.0. The molecule has 30 heavy (non-hydrogen) atoms. The number of piperazine rings is 1. The molecule has 4 rings (SSSR count). The molecule has 164 valence electrons. The van der Waals surface area contributed by atoms with Crippen molar-refractivity contribution >= 4 is 11.8 Å². The molecule has 3 fully saturated rings. The van der Waals surface area contributed by atoms with E-state index in [1.165, 1.54) is 0 Å². The van der Waals surface area contributed by atoms with Gasteiger partial charge in [0.2, 0.25) is 11.8 Å². The molecule has 3 heterocycles. The highest BCUT2D eigenvalue weighted by molar-refractivity contribution is 5.85. The van der Waals surface area contributed by atoms with Gasteiger partial charge < -0.3 is 19.7 Å². The first-order valence-corrected chi connectivity index (χ1v) is 11.1. The standard InChI is InChI=1S/C23H33N3O4/c1-3-25-14-18-12-20(23(28)24-13-16-8-10-30-11-9-16)22(26(18)21(27)15-25)17-4-6-19(29-2)7-5-17/h4-7,16,18,20,22H,3,8-15H2,1-2H3,(H,24,28)/t18-,20?,22?/m1/s1. The summed E-state index contributed by atoms with van der Waals surface area (Å²) in [5, 5.41) is 3.20. The van der Waals surface area contributed by atoms with E-state index in [4.69, 9.17) is 9.47 Å². The molecule has 0 aliphatic carbocycles. The maximum Gasteiger partial charge on any atom is 0.237 e. The van der Waals surface area contributed by atoms with Crippen molar-refractivity contribution in [3.05, 3.63) is 29.8 Å². The average molecular weight is 416 g/mol. The minimum absolute atomic E-state index is 0.0626. The van der Waals surface area contributed by atoms with Gasteiger partial charge in [0.05, 0.1) is 25.6 Å². The first-order chi connectivity index (χ1) is 14.6. The Morgan fingerprint density at radius 1 is 1.23 bits per heavy atom. The molecule has 1 N–H and O–H groups in total. The normalized spacial score (nSPS) is 27.7. The van der Waals surface area contributed by atoms with E-state index in [-0.39, 0.29) is 29.8 Å². The number of ether oxygens (including phenoxy) is 2. The van der Waals surface area contributed by atoms with Crippen molar-refractivity contribution in [3.63, 3.8) is 0 Å². The van der Waals surface area contributed by atoms with Crippen molar-refractivity contribution in [2.24, 2.45) is 11.8 Å². The van der Waals surface area contributed by atoms with Gasteiger partial charge >= 0.3 is 0 Å². The number of carbonyl (C=O) groups excluding carboxylic acids is 2. The van der Waals surface area contributed by atoms with Crippen molar-refractivity contribution in [2.45, 2.75) is 38.3 Å². The molecule has 3 saturated heterocycles. The Morgan fingerprint density at radius 3 is 2.63 bits per heavy atom. The summed E-state index contributed by atoms with van der Waals surface area (Å²) in [6.45, 7) is 6.43. The fraction of sp³-hybridized carbons (Fsp3) is 0.652. The number of nitrogens with zero attached hydrogens (tertiary/aromatic N) is 2. The zero-order chi connectivity index (χ0) is 21.1. The fourth-order valence-electron chi connectivity index (χ4n) is 5.13. The van der Waals surface area contributed by atoms with Gasteiger partial charge in [-0.15, -0.1) is 0 Å². The van der Waals surface area contributed by atoms with Crippen LogP contribution in [0.3, 0.4) is 0 Å². The van der Waals surface area contributed by atoms with Crippen molar-refractivity contribution in [2.75, 3.05) is 46.5 Å². The zero-order valence-corrected chi connectivity index (χ0v) is 18.0. The molecule has 7 nitrogen and oxygen atoms in total. The van der Waals surface area contributed by atoms with E-state index in [1.807, 2.05) is 29.2 Å². The molecule has 0 bridgehead atoms. The van der Waals surface area contributed by atoms with E-state index < -0.39 is 0 Å². The number of hydrogen-bond acceptors (Lipinski definition) is 5. The van der Waals surface area contributed by atoms with Crippen molar-refractivity contribution in [1.82, 2.24) is 15.1 Å². The molecule has 0 spiro atoms. The Bertz CT molecular complexity index is 747. The maximum atomic E-state index is 13.3. The second kappa shape index (κ2) is 9.35. The molecule has 3 aliphatic heterocycles. The molecule has 7 heteroatoms. The number of fused-ring (bicyclic) bond motifs is 1. The molecule has 2 unspecified atom stereocenters. The van der Waals surface area contributed by atoms with E-state index in [9.17, 15) is 9.59 Å². The largest absolute Gasteiger partial charge is 0.497 e. The lowest BCUT2D eigenvalue weighted by Crippen LogP contribution is -2.54. The molecule has 0 aromatic heterocycles. The predicted octanol–water partition coefficient (Wildman–Crippen LogP) is 1.83. The summed E-state index contributed by atoms with van der Waals surface area (Å²) in [6, 6.07) is 7.66. The lowest BCUT2D eigenvalue weighted by molar-refractivity contribution is -0.140. The maximum absolute atomic E-state index is 13.3. The molecular formula is C23H33N3O4. The Morgan fingerprint density at radius 2 is 1.97 bits per heavy atom. The summed E-state index contributed by atoms with van der Waals surface area (Å²) in [5.41, 5.74) is 1.00. The van der Waals surface area contributed by atoms with Gasteiger partial charge in [-0.25, -0.2) is 0 Å². The first kappa shape index (κ1) is 21.1. The number of nitrogens with one attached hydrogen (secondary N) is 1. The van der Waals surface area contributed by atoms with Gasteiger partial charge in [0.15, 0.2) is 0 Å². The quantitative estimate of drug-likeness (QED) is 0.768. The van der Waals surface area contributed by atoms with Gasteiger partial charge in [0, 0.05) is 32.3 Å². The van der Waals surface area contributed by atoms with Gasteiger partial charge in [-0.3, -0.25) is 14.5 Å². The Kier molecular flexibility index (Phi) is 6.58. The van der Waals surface area contributed by atoms with Crippen LogP contribution in [0.15, 0.2) is 24.3 Å². The monoisotopic (exact) mass is 415 g/mol. The van der Waals surface area contributed by atoms with Crippen LogP contribution in [-0.4, -0.2) is 74.2 Å². The molecule has 0 saturated carbocycles. The first-order valence-electron chi connectivity index (χ1n) is 11.1. The SMILES string of the molecule is CCN1CC(=O)N2C(c3ccc(OC)cc3)C(C(=O)NCC3CCOCC3)C[C@@H]2C1. The Balaban J connectivity index is 1.54. The minimum atomic E-state index is -0.232. The van der Waals surface area contributed by atoms with Crippen molar-refractivity contribution in [3.8, 4) is 5.75 Å². The van der Waals surface area contributed by atoms with E-state index in [0.717, 1.165) is 50.5 Å². The summed E-state index contributed by atoms with van der Waals surface area (Å²) >= 11 is 0. The van der Waals surface area contributed by atoms with Crippen LogP contribution in [0, 0.1) is 11.8 Å². The van der Waals surface area contributed by atoms with E-state index >= 15 is 0 Å². The lowest BCUT2D eigenvalue weighted by Gasteiger charge is -2.39. The molecule has 1 aromatic rings. The second-order valence-electron chi connectivity index (χ2n) is 8.64. The number of methoxy groups -OCH3 is 1. The van der Waals surface area contributed by atoms with E-state index in [2.05, 4.69) is 17.1 Å². The number of likely N-dealkylation sites (N-methyl/N-ethyl adjacent to an activating group) is 1. The summed E-state index contributed by atoms with van der Waals surface area (Å²) in [7, 11) is 1.64. The highest BCUT2D eigenvalue weighted by Gasteiger charge is 2.49. The van der Waals surface area contributed by atoms with Crippen LogP contribution in [0.4, 0.5) is 0 Å². The molecule has 3 atom stereocenters. The van der Waals surface area contributed by atoms with Crippen molar-refractivity contribution in [1.29, 1.82) is 0 Å². The van der Waals surface area contributed by atoms with Gasteiger partial charge in [-0.05, 0) is 49.4 Å². The number of hydrogen-bond donors (Lipinski definition) is 1. The van der Waals surface area contributed by atoms with Gasteiger partial charge in [0.25, 0.3) is 0 Å². The fourth-order valence-corrected chi connectivity index (χ4v) is 5.13. The van der Waals surface area contributed by atoms with Crippen LogP contribution in [0.25, 0.3) is 0 Å². The third-order valence-corrected chi connectivity index (χ3v) is 6.86. The third-order valence-electron chi connectivity index (χ3n) is 6.86.